The van der Waals surface area contributed by atoms with Crippen LogP contribution in [-0.4, -0.2) is 53.2 Å². The third-order valence-corrected chi connectivity index (χ3v) is 7.87. The summed E-state index contributed by atoms with van der Waals surface area (Å²) >= 11 is 0. The van der Waals surface area contributed by atoms with E-state index in [2.05, 4.69) is 29.6 Å². The van der Waals surface area contributed by atoms with Gasteiger partial charge in [-0.05, 0) is 60.8 Å². The first-order chi connectivity index (χ1) is 16.9. The van der Waals surface area contributed by atoms with Gasteiger partial charge >= 0.3 is 12.1 Å². The fourth-order valence-corrected chi connectivity index (χ4v) is 5.88. The minimum absolute atomic E-state index is 0.0197. The van der Waals surface area contributed by atoms with Gasteiger partial charge in [0.15, 0.2) is 0 Å². The van der Waals surface area contributed by atoms with E-state index in [-0.39, 0.29) is 25.0 Å². The maximum Gasteiger partial charge on any atom is 0.407 e. The number of nitrogens with zero attached hydrogens (tertiary/aromatic N) is 1. The standard InChI is InChI=1S/C28H30N2O5/c1-18(25(31)30-16-19-10-13-28(30,14-11-19)26(32)33)12-15-29-27(34)35-17-24-22-8-4-2-6-20(22)21-7-3-5-9-23(21)24/h2-9,12,19,24H,10-11,13-17H2,1H3,(H,29,34)(H,32,33)/b18-12+. The maximum atomic E-state index is 13.1. The molecule has 2 aromatic rings. The van der Waals surface area contributed by atoms with Crippen molar-refractivity contribution in [2.45, 2.75) is 44.1 Å². The molecule has 2 amide bonds. The molecule has 2 saturated heterocycles. The second-order valence-corrected chi connectivity index (χ2v) is 9.79. The number of carboxylic acid groups (broad SMARTS) is 1. The zero-order chi connectivity index (χ0) is 24.6. The van der Waals surface area contributed by atoms with Crippen molar-refractivity contribution < 1.29 is 24.2 Å². The number of fused-ring (bicyclic) bond motifs is 6. The van der Waals surface area contributed by atoms with E-state index in [0.717, 1.165) is 24.0 Å². The topological polar surface area (TPSA) is 95.9 Å². The van der Waals surface area contributed by atoms with E-state index in [0.29, 0.717) is 30.9 Å². The van der Waals surface area contributed by atoms with Crippen LogP contribution in [0.1, 0.15) is 49.7 Å². The molecule has 7 heteroatoms. The number of nitrogens with one attached hydrogen (secondary N) is 1. The number of carbonyl (C=O) groups is 3. The Balaban J connectivity index is 1.17. The van der Waals surface area contributed by atoms with E-state index >= 15 is 0 Å². The molecule has 2 N–H and O–H groups in total. The van der Waals surface area contributed by atoms with Crippen molar-refractivity contribution in [1.82, 2.24) is 10.2 Å². The largest absolute Gasteiger partial charge is 0.479 e. The van der Waals surface area contributed by atoms with E-state index < -0.39 is 17.6 Å². The first-order valence-electron chi connectivity index (χ1n) is 12.2. The SMILES string of the molecule is C/C(=C\CNC(=O)OCC1c2ccccc2-c2ccccc21)C(=O)N1CC2CCC1(C(=O)O)CC2. The molecule has 0 spiro atoms. The van der Waals surface area contributed by atoms with Gasteiger partial charge in [-0.3, -0.25) is 4.79 Å². The summed E-state index contributed by atoms with van der Waals surface area (Å²) < 4.78 is 5.53. The van der Waals surface area contributed by atoms with Gasteiger partial charge in [0, 0.05) is 24.6 Å². The Labute approximate surface area is 204 Å². The molecule has 2 heterocycles. The summed E-state index contributed by atoms with van der Waals surface area (Å²) in [5.74, 6) is -0.847. The summed E-state index contributed by atoms with van der Waals surface area (Å²) in [6.45, 7) is 2.50. The van der Waals surface area contributed by atoms with Crippen molar-refractivity contribution in [2.24, 2.45) is 5.92 Å². The second kappa shape index (κ2) is 9.21. The zero-order valence-corrected chi connectivity index (χ0v) is 19.8. The van der Waals surface area contributed by atoms with Crippen LogP contribution in [0, 0.1) is 5.92 Å². The summed E-state index contributed by atoms with van der Waals surface area (Å²) in [6, 6.07) is 16.3. The molecule has 6 rings (SSSR count). The van der Waals surface area contributed by atoms with Crippen LogP contribution >= 0.6 is 0 Å². The summed E-state index contributed by atoms with van der Waals surface area (Å²) in [7, 11) is 0. The molecule has 4 aliphatic rings. The maximum absolute atomic E-state index is 13.1. The van der Waals surface area contributed by atoms with E-state index in [1.54, 1.807) is 13.0 Å². The van der Waals surface area contributed by atoms with Gasteiger partial charge in [-0.15, -0.1) is 0 Å². The first kappa shape index (κ1) is 23.1. The molecule has 2 aliphatic heterocycles. The quantitative estimate of drug-likeness (QED) is 0.608. The number of piperidine rings is 2. The number of amides is 2. The Kier molecular flexibility index (Phi) is 6.09. The van der Waals surface area contributed by atoms with Crippen LogP contribution in [0.4, 0.5) is 4.79 Å². The van der Waals surface area contributed by atoms with Gasteiger partial charge in [0.25, 0.3) is 0 Å². The summed E-state index contributed by atoms with van der Waals surface area (Å²) in [6.07, 6.45) is 3.78. The smallest absolute Gasteiger partial charge is 0.407 e. The number of carbonyl (C=O) groups excluding carboxylic acids is 2. The minimum Gasteiger partial charge on any atom is -0.479 e. The molecular formula is C28H30N2O5. The lowest BCUT2D eigenvalue weighted by atomic mass is 9.70. The van der Waals surface area contributed by atoms with Crippen molar-refractivity contribution in [2.75, 3.05) is 19.7 Å². The van der Waals surface area contributed by atoms with Gasteiger partial charge < -0.3 is 20.1 Å². The van der Waals surface area contributed by atoms with Crippen molar-refractivity contribution in [3.8, 4) is 11.1 Å². The number of ether oxygens (including phenoxy) is 1. The molecule has 0 aromatic heterocycles. The lowest BCUT2D eigenvalue weighted by molar-refractivity contribution is -0.168. The number of carboxylic acids is 1. The average Bonchev–Trinajstić information content (AvgIpc) is 3.21. The molecule has 2 bridgehead atoms. The fourth-order valence-electron chi connectivity index (χ4n) is 5.88. The molecule has 182 valence electrons. The molecule has 1 saturated carbocycles. The van der Waals surface area contributed by atoms with Gasteiger partial charge in [0.05, 0.1) is 0 Å². The predicted octanol–water partition coefficient (Wildman–Crippen LogP) is 4.33. The van der Waals surface area contributed by atoms with E-state index in [9.17, 15) is 19.5 Å². The number of benzene rings is 2. The van der Waals surface area contributed by atoms with Crippen LogP contribution < -0.4 is 5.32 Å². The van der Waals surface area contributed by atoms with Crippen LogP contribution in [0.15, 0.2) is 60.2 Å². The Morgan fingerprint density at radius 3 is 2.26 bits per heavy atom. The highest BCUT2D eigenvalue weighted by Crippen LogP contribution is 2.45. The number of rotatable bonds is 6. The summed E-state index contributed by atoms with van der Waals surface area (Å²) in [4.78, 5) is 39.0. The lowest BCUT2D eigenvalue weighted by Crippen LogP contribution is -2.64. The van der Waals surface area contributed by atoms with Gasteiger partial charge in [-0.2, -0.15) is 0 Å². The molecule has 7 nitrogen and oxygen atoms in total. The average molecular weight is 475 g/mol. The van der Waals surface area contributed by atoms with Gasteiger partial charge in [-0.1, -0.05) is 54.6 Å². The molecule has 3 fully saturated rings. The Bertz CT molecular complexity index is 1150. The third kappa shape index (κ3) is 4.09. The fraction of sp³-hybridized carbons (Fsp3) is 0.393. The summed E-state index contributed by atoms with van der Waals surface area (Å²) in [5, 5.41) is 12.5. The Hall–Kier alpha value is -3.61. The number of hydrogen-bond acceptors (Lipinski definition) is 4. The molecule has 2 aliphatic carbocycles. The van der Waals surface area contributed by atoms with Gasteiger partial charge in [-0.25, -0.2) is 9.59 Å². The number of hydrogen-bond donors (Lipinski definition) is 2. The van der Waals surface area contributed by atoms with Gasteiger partial charge in [0.2, 0.25) is 5.91 Å². The Morgan fingerprint density at radius 1 is 1.06 bits per heavy atom. The van der Waals surface area contributed by atoms with E-state index in [1.165, 1.54) is 16.0 Å². The summed E-state index contributed by atoms with van der Waals surface area (Å²) in [5.41, 5.74) is 3.95. The van der Waals surface area contributed by atoms with E-state index in [1.807, 2.05) is 24.3 Å². The molecule has 0 unspecified atom stereocenters. The highest BCUT2D eigenvalue weighted by molar-refractivity contribution is 5.97. The molecule has 35 heavy (non-hydrogen) atoms. The van der Waals surface area contributed by atoms with Crippen LogP contribution in [0.2, 0.25) is 0 Å². The predicted molar refractivity (Wildman–Crippen MR) is 131 cm³/mol. The lowest BCUT2D eigenvalue weighted by Gasteiger charge is -2.52. The van der Waals surface area contributed by atoms with Crippen molar-refractivity contribution in [3.63, 3.8) is 0 Å². The minimum atomic E-state index is -1.10. The highest BCUT2D eigenvalue weighted by Gasteiger charge is 2.53. The Morgan fingerprint density at radius 2 is 1.66 bits per heavy atom. The highest BCUT2D eigenvalue weighted by atomic mass is 16.5. The van der Waals surface area contributed by atoms with E-state index in [4.69, 9.17) is 4.74 Å². The molecule has 0 radical (unpaired) electrons. The van der Waals surface area contributed by atoms with Crippen molar-refractivity contribution in [3.05, 3.63) is 71.3 Å². The third-order valence-electron chi connectivity index (χ3n) is 7.87. The van der Waals surface area contributed by atoms with Crippen LogP contribution in [-0.2, 0) is 14.3 Å². The molecule has 2 aromatic carbocycles. The number of alkyl carbamates (subject to hydrolysis) is 1. The zero-order valence-electron chi connectivity index (χ0n) is 19.8. The monoisotopic (exact) mass is 474 g/mol. The normalized spacial score (nSPS) is 22.9. The van der Waals surface area contributed by atoms with Crippen molar-refractivity contribution in [1.29, 1.82) is 0 Å². The second-order valence-electron chi connectivity index (χ2n) is 9.79. The molecule has 0 atom stereocenters. The van der Waals surface area contributed by atoms with Crippen LogP contribution in [0.3, 0.4) is 0 Å². The van der Waals surface area contributed by atoms with Crippen LogP contribution in [0.25, 0.3) is 11.1 Å². The van der Waals surface area contributed by atoms with Gasteiger partial charge in [0.1, 0.15) is 12.1 Å². The van der Waals surface area contributed by atoms with Crippen LogP contribution in [0.5, 0.6) is 0 Å². The number of aliphatic carboxylic acids is 1. The van der Waals surface area contributed by atoms with Crippen molar-refractivity contribution >= 4 is 18.0 Å². The molecular weight excluding hydrogens is 444 g/mol. The first-order valence-corrected chi connectivity index (χ1v) is 12.2.